The summed E-state index contributed by atoms with van der Waals surface area (Å²) in [5.41, 5.74) is 1.29. The van der Waals surface area contributed by atoms with Crippen LogP contribution in [0.5, 0.6) is 5.75 Å². The lowest BCUT2D eigenvalue weighted by Gasteiger charge is -2.12. The summed E-state index contributed by atoms with van der Waals surface area (Å²) in [5, 5.41) is 2.66. The first-order valence-electron chi connectivity index (χ1n) is 7.78. The van der Waals surface area contributed by atoms with Crippen LogP contribution in [0.15, 0.2) is 54.6 Å². The lowest BCUT2D eigenvalue weighted by Crippen LogP contribution is -2.34. The van der Waals surface area contributed by atoms with Crippen LogP contribution in [-0.4, -0.2) is 24.5 Å². The van der Waals surface area contributed by atoms with E-state index in [-0.39, 0.29) is 18.6 Å². The minimum atomic E-state index is -0.586. The molecule has 1 amide bonds. The molecule has 0 spiro atoms. The summed E-state index contributed by atoms with van der Waals surface area (Å²) >= 11 is 0. The summed E-state index contributed by atoms with van der Waals surface area (Å²) in [6, 6.07) is 16.5. The number of nitrogens with one attached hydrogen (secondary N) is 1. The van der Waals surface area contributed by atoms with Gasteiger partial charge in [-0.1, -0.05) is 42.5 Å². The summed E-state index contributed by atoms with van der Waals surface area (Å²) in [6.45, 7) is 3.71. The van der Waals surface area contributed by atoms with Crippen LogP contribution in [0.3, 0.4) is 0 Å². The minimum Gasteiger partial charge on any atom is -0.488 e. The van der Waals surface area contributed by atoms with E-state index in [0.29, 0.717) is 17.9 Å². The van der Waals surface area contributed by atoms with Crippen LogP contribution < -0.4 is 10.1 Å². The molecular weight excluding hydrogens is 306 g/mol. The molecule has 0 aliphatic rings. The maximum absolute atomic E-state index is 12.2. The Labute approximate surface area is 141 Å². The maximum atomic E-state index is 12.2. The van der Waals surface area contributed by atoms with Gasteiger partial charge in [-0.15, -0.1) is 0 Å². The third kappa shape index (κ3) is 5.43. The number of carbonyl (C=O) groups excluding carboxylic acids is 2. The normalized spacial score (nSPS) is 10.3. The Bertz CT molecular complexity index is 683. The number of carbonyl (C=O) groups is 2. The van der Waals surface area contributed by atoms with E-state index in [1.54, 1.807) is 24.3 Å². The molecule has 2 rings (SSSR count). The van der Waals surface area contributed by atoms with Crippen molar-refractivity contribution >= 4 is 11.9 Å². The number of benzene rings is 2. The van der Waals surface area contributed by atoms with E-state index in [4.69, 9.17) is 9.47 Å². The Morgan fingerprint density at radius 3 is 2.38 bits per heavy atom. The average molecular weight is 327 g/mol. The smallest absolute Gasteiger partial charge is 0.342 e. The van der Waals surface area contributed by atoms with Gasteiger partial charge in [0.1, 0.15) is 17.9 Å². The van der Waals surface area contributed by atoms with Crippen molar-refractivity contribution in [3.63, 3.8) is 0 Å². The van der Waals surface area contributed by atoms with Crippen molar-refractivity contribution < 1.29 is 19.1 Å². The van der Waals surface area contributed by atoms with Crippen LogP contribution in [0, 0.1) is 0 Å². The highest BCUT2D eigenvalue weighted by atomic mass is 16.5. The van der Waals surface area contributed by atoms with Crippen LogP contribution in [0.25, 0.3) is 0 Å². The van der Waals surface area contributed by atoms with Crippen molar-refractivity contribution in [1.29, 1.82) is 0 Å². The molecule has 1 N–H and O–H groups in total. The van der Waals surface area contributed by atoms with E-state index in [1.165, 1.54) is 0 Å². The molecule has 2 aromatic carbocycles. The molecule has 0 bridgehead atoms. The maximum Gasteiger partial charge on any atom is 0.342 e. The molecule has 0 fully saturated rings. The number of amides is 1. The van der Waals surface area contributed by atoms with Gasteiger partial charge in [-0.2, -0.15) is 0 Å². The van der Waals surface area contributed by atoms with Crippen LogP contribution in [0.2, 0.25) is 0 Å². The molecule has 0 saturated carbocycles. The molecular formula is C19H21NO4. The molecule has 24 heavy (non-hydrogen) atoms. The summed E-state index contributed by atoms with van der Waals surface area (Å²) in [7, 11) is 0. The van der Waals surface area contributed by atoms with E-state index in [0.717, 1.165) is 5.56 Å². The molecule has 5 nitrogen and oxygen atoms in total. The standard InChI is InChI=1S/C19H21NO4/c1-14(2)20-18(21)13-24-19(22)16-10-6-7-11-17(16)23-12-15-8-4-3-5-9-15/h3-11,14H,12-13H2,1-2H3,(H,20,21). The minimum absolute atomic E-state index is 0.00214. The molecule has 0 aromatic heterocycles. The predicted molar refractivity (Wildman–Crippen MR) is 90.8 cm³/mol. The molecule has 0 atom stereocenters. The van der Waals surface area contributed by atoms with E-state index in [2.05, 4.69) is 5.32 Å². The van der Waals surface area contributed by atoms with Gasteiger partial charge in [-0.3, -0.25) is 4.79 Å². The quantitative estimate of drug-likeness (QED) is 0.794. The number of hydrogen-bond acceptors (Lipinski definition) is 4. The summed E-state index contributed by atoms with van der Waals surface area (Å²) in [5.74, 6) is -0.491. The monoisotopic (exact) mass is 327 g/mol. The first kappa shape index (κ1) is 17.5. The fraction of sp³-hybridized carbons (Fsp3) is 0.263. The molecule has 0 aliphatic carbocycles. The Kier molecular flexibility index (Phi) is 6.37. The second kappa shape index (κ2) is 8.72. The molecule has 0 unspecified atom stereocenters. The predicted octanol–water partition coefficient (Wildman–Crippen LogP) is 2.95. The zero-order valence-electron chi connectivity index (χ0n) is 13.8. The van der Waals surface area contributed by atoms with Gasteiger partial charge >= 0.3 is 5.97 Å². The fourth-order valence-electron chi connectivity index (χ4n) is 2.07. The highest BCUT2D eigenvalue weighted by Crippen LogP contribution is 2.20. The van der Waals surface area contributed by atoms with Crippen molar-refractivity contribution in [2.75, 3.05) is 6.61 Å². The molecule has 0 radical (unpaired) electrons. The summed E-state index contributed by atoms with van der Waals surface area (Å²) in [4.78, 5) is 23.8. The summed E-state index contributed by atoms with van der Waals surface area (Å²) in [6.07, 6.45) is 0. The van der Waals surface area contributed by atoms with Gasteiger partial charge in [-0.25, -0.2) is 4.79 Å². The van der Waals surface area contributed by atoms with Crippen LogP contribution >= 0.6 is 0 Å². The van der Waals surface area contributed by atoms with Gasteiger partial charge in [0.15, 0.2) is 6.61 Å². The number of rotatable bonds is 7. The lowest BCUT2D eigenvalue weighted by atomic mass is 10.2. The summed E-state index contributed by atoms with van der Waals surface area (Å²) < 4.78 is 10.8. The van der Waals surface area contributed by atoms with Gasteiger partial charge in [-0.05, 0) is 31.5 Å². The van der Waals surface area contributed by atoms with Gasteiger partial charge in [0.25, 0.3) is 5.91 Å². The topological polar surface area (TPSA) is 64.6 Å². The van der Waals surface area contributed by atoms with Crippen LogP contribution in [0.1, 0.15) is 29.8 Å². The van der Waals surface area contributed by atoms with Crippen molar-refractivity contribution in [3.8, 4) is 5.75 Å². The van der Waals surface area contributed by atoms with E-state index < -0.39 is 5.97 Å². The van der Waals surface area contributed by atoms with Gasteiger partial charge < -0.3 is 14.8 Å². The van der Waals surface area contributed by atoms with Gasteiger partial charge in [0.05, 0.1) is 0 Å². The SMILES string of the molecule is CC(C)NC(=O)COC(=O)c1ccccc1OCc1ccccc1. The van der Waals surface area contributed by atoms with Gasteiger partial charge in [0, 0.05) is 6.04 Å². The third-order valence-corrected chi connectivity index (χ3v) is 3.13. The van der Waals surface area contributed by atoms with Crippen molar-refractivity contribution in [1.82, 2.24) is 5.32 Å². The zero-order valence-corrected chi connectivity index (χ0v) is 13.8. The fourth-order valence-corrected chi connectivity index (χ4v) is 2.07. The number of ether oxygens (including phenoxy) is 2. The Balaban J connectivity index is 1.97. The first-order chi connectivity index (χ1) is 11.6. The van der Waals surface area contributed by atoms with Crippen LogP contribution in [0.4, 0.5) is 0 Å². The molecule has 0 saturated heterocycles. The third-order valence-electron chi connectivity index (χ3n) is 3.13. The van der Waals surface area contributed by atoms with E-state index >= 15 is 0 Å². The van der Waals surface area contributed by atoms with E-state index in [1.807, 2.05) is 44.2 Å². The Morgan fingerprint density at radius 1 is 1.00 bits per heavy atom. The highest BCUT2D eigenvalue weighted by Gasteiger charge is 2.15. The Hall–Kier alpha value is -2.82. The molecule has 0 heterocycles. The van der Waals surface area contributed by atoms with Crippen LogP contribution in [-0.2, 0) is 16.1 Å². The Morgan fingerprint density at radius 2 is 1.67 bits per heavy atom. The highest BCUT2D eigenvalue weighted by molar-refractivity contribution is 5.94. The lowest BCUT2D eigenvalue weighted by molar-refractivity contribution is -0.124. The molecule has 5 heteroatoms. The number of hydrogen-bond donors (Lipinski definition) is 1. The largest absolute Gasteiger partial charge is 0.488 e. The first-order valence-corrected chi connectivity index (χ1v) is 7.78. The van der Waals surface area contributed by atoms with Crippen molar-refractivity contribution in [3.05, 3.63) is 65.7 Å². The van der Waals surface area contributed by atoms with E-state index in [9.17, 15) is 9.59 Å². The van der Waals surface area contributed by atoms with Crippen molar-refractivity contribution in [2.24, 2.45) is 0 Å². The number of para-hydroxylation sites is 1. The molecule has 126 valence electrons. The second-order valence-electron chi connectivity index (χ2n) is 5.57. The number of esters is 1. The van der Waals surface area contributed by atoms with Crippen molar-refractivity contribution in [2.45, 2.75) is 26.5 Å². The average Bonchev–Trinajstić information content (AvgIpc) is 2.58. The molecule has 0 aliphatic heterocycles. The zero-order chi connectivity index (χ0) is 17.4. The van der Waals surface area contributed by atoms with Gasteiger partial charge in [0.2, 0.25) is 0 Å². The second-order valence-corrected chi connectivity index (χ2v) is 5.57. The molecule has 2 aromatic rings.